The van der Waals surface area contributed by atoms with Gasteiger partial charge >= 0.3 is 39.5 Å². The Morgan fingerprint density at radius 1 is 0.275 bits per heavy atom. The van der Waals surface area contributed by atoms with Crippen molar-refractivity contribution in [1.29, 1.82) is 0 Å². The Kier molecular flexibility index (Phi) is 70.6. The van der Waals surface area contributed by atoms with Crippen LogP contribution in [0, 0.1) is 23.7 Å². The number of hydrogen-bond acceptors (Lipinski definition) is 15. The number of phosphoric acid groups is 2. The second-order valence-corrected chi connectivity index (χ2v) is 34.4. The second-order valence-electron chi connectivity index (χ2n) is 31.5. The fraction of sp³-hybridized carbons (Fsp3) is 0.952. The van der Waals surface area contributed by atoms with Crippen molar-refractivity contribution in [3.05, 3.63) is 0 Å². The topological polar surface area (TPSA) is 237 Å². The zero-order chi connectivity index (χ0) is 75.3. The fourth-order valence-corrected chi connectivity index (χ4v) is 14.3. The van der Waals surface area contributed by atoms with Crippen molar-refractivity contribution >= 4 is 39.5 Å². The first-order valence-corrected chi connectivity index (χ1v) is 45.7. The lowest BCUT2D eigenvalue weighted by atomic mass is 9.99. The van der Waals surface area contributed by atoms with E-state index in [2.05, 4.69) is 55.4 Å². The molecule has 0 aliphatic heterocycles. The molecule has 0 rings (SSSR count). The highest BCUT2D eigenvalue weighted by atomic mass is 31.2. The van der Waals surface area contributed by atoms with Crippen molar-refractivity contribution in [2.45, 2.75) is 446 Å². The van der Waals surface area contributed by atoms with Crippen molar-refractivity contribution in [3.63, 3.8) is 0 Å². The van der Waals surface area contributed by atoms with E-state index >= 15 is 0 Å². The lowest BCUT2D eigenvalue weighted by Crippen LogP contribution is -2.30. The Bertz CT molecular complexity index is 1990. The molecule has 0 radical (unpaired) electrons. The minimum absolute atomic E-state index is 0.105. The Morgan fingerprint density at radius 2 is 0.471 bits per heavy atom. The van der Waals surface area contributed by atoms with E-state index in [-0.39, 0.29) is 25.7 Å². The van der Waals surface area contributed by atoms with E-state index in [9.17, 15) is 43.2 Å². The maximum Gasteiger partial charge on any atom is 0.472 e. The lowest BCUT2D eigenvalue weighted by molar-refractivity contribution is -0.161. The summed E-state index contributed by atoms with van der Waals surface area (Å²) in [5.74, 6) is 1.02. The minimum atomic E-state index is -4.96. The highest BCUT2D eigenvalue weighted by Gasteiger charge is 2.30. The lowest BCUT2D eigenvalue weighted by Gasteiger charge is -2.21. The standard InChI is InChI=1S/C83H162O17P2/c1-9-76(8)62-54-46-38-29-23-19-16-17-21-25-31-41-49-57-65-82(87)99-78(69-93-80(85)63-55-47-39-30-24-20-15-13-11-10-12-14-18-22-27-35-43-51-59-73(2)3)71-97-101(89,90)95-67-77(84)68-96-102(91,92)98-72-79(70-94-81(86)64-56-48-40-34-33-37-45-53-61-75(6)7)100-83(88)66-58-50-42-32-26-28-36-44-52-60-74(4)5/h73-79,84H,9-72H2,1-8H3,(H,89,90)(H,91,92)/t76?,77?,78-,79-/m1/s1. The molecule has 0 fully saturated rings. The molecule has 0 saturated heterocycles. The first-order valence-electron chi connectivity index (χ1n) is 42.7. The Balaban J connectivity index is 5.22. The molecule has 0 aromatic heterocycles. The van der Waals surface area contributed by atoms with E-state index in [1.807, 2.05) is 0 Å². The average molecular weight is 1490 g/mol. The molecular formula is C83H162O17P2. The molecule has 4 unspecified atom stereocenters. The molecule has 0 amide bonds. The number of hydrogen-bond donors (Lipinski definition) is 3. The predicted octanol–water partition coefficient (Wildman–Crippen LogP) is 24.8. The van der Waals surface area contributed by atoms with Crippen molar-refractivity contribution in [1.82, 2.24) is 0 Å². The molecule has 102 heavy (non-hydrogen) atoms. The maximum absolute atomic E-state index is 13.1. The third kappa shape index (κ3) is 74.9. The summed E-state index contributed by atoms with van der Waals surface area (Å²) in [5, 5.41) is 10.6. The van der Waals surface area contributed by atoms with Crippen LogP contribution in [0.1, 0.15) is 428 Å². The summed E-state index contributed by atoms with van der Waals surface area (Å²) < 4.78 is 68.8. The van der Waals surface area contributed by atoms with Crippen molar-refractivity contribution in [3.8, 4) is 0 Å². The SMILES string of the molecule is CCC(C)CCCCCCCCCCCCCCCCC(=O)O[C@H](COC(=O)CCCCCCCCCCCCCCCCCCCCC(C)C)COP(=O)(O)OCC(O)COP(=O)(O)OC[C@@H](COC(=O)CCCCCCCCCCC(C)C)OC(=O)CCCCCCCCCCCC(C)C. The molecule has 0 aliphatic rings. The van der Waals surface area contributed by atoms with Crippen molar-refractivity contribution in [2.24, 2.45) is 23.7 Å². The second kappa shape index (κ2) is 72.0. The summed E-state index contributed by atoms with van der Waals surface area (Å²) in [6.45, 7) is 14.3. The van der Waals surface area contributed by atoms with Crippen LogP contribution in [0.3, 0.4) is 0 Å². The number of aliphatic hydroxyl groups excluding tert-OH is 1. The van der Waals surface area contributed by atoms with Crippen LogP contribution in [-0.2, 0) is 65.4 Å². The molecule has 19 heteroatoms. The van der Waals surface area contributed by atoms with Gasteiger partial charge in [0.1, 0.15) is 19.3 Å². The molecule has 0 spiro atoms. The van der Waals surface area contributed by atoms with Gasteiger partial charge in [-0.3, -0.25) is 37.3 Å². The smallest absolute Gasteiger partial charge is 0.462 e. The monoisotopic (exact) mass is 1490 g/mol. The number of rotatable bonds is 80. The zero-order valence-corrected chi connectivity index (χ0v) is 69.0. The number of carbonyl (C=O) groups is 4. The van der Waals surface area contributed by atoms with E-state index in [1.165, 1.54) is 231 Å². The average Bonchev–Trinajstić information content (AvgIpc) is 0.908. The van der Waals surface area contributed by atoms with Crippen LogP contribution in [0.25, 0.3) is 0 Å². The van der Waals surface area contributed by atoms with Gasteiger partial charge in [-0.1, -0.05) is 376 Å². The van der Waals surface area contributed by atoms with E-state index < -0.39 is 97.5 Å². The molecule has 17 nitrogen and oxygen atoms in total. The van der Waals surface area contributed by atoms with Gasteiger partial charge in [-0.05, 0) is 49.4 Å². The van der Waals surface area contributed by atoms with Gasteiger partial charge in [0.2, 0.25) is 0 Å². The molecule has 3 N–H and O–H groups in total. The molecule has 0 bridgehead atoms. The van der Waals surface area contributed by atoms with Gasteiger partial charge in [-0.15, -0.1) is 0 Å². The summed E-state index contributed by atoms with van der Waals surface area (Å²) >= 11 is 0. The summed E-state index contributed by atoms with van der Waals surface area (Å²) in [7, 11) is -9.92. The molecule has 0 saturated carbocycles. The van der Waals surface area contributed by atoms with Crippen LogP contribution >= 0.6 is 15.6 Å². The van der Waals surface area contributed by atoms with Crippen LogP contribution < -0.4 is 0 Å². The third-order valence-electron chi connectivity index (χ3n) is 19.7. The number of esters is 4. The number of phosphoric ester groups is 2. The molecule has 0 heterocycles. The highest BCUT2D eigenvalue weighted by molar-refractivity contribution is 7.47. The largest absolute Gasteiger partial charge is 0.472 e. The predicted molar refractivity (Wildman–Crippen MR) is 418 cm³/mol. The molecule has 0 aromatic carbocycles. The minimum Gasteiger partial charge on any atom is -0.462 e. The van der Waals surface area contributed by atoms with E-state index in [0.717, 1.165) is 114 Å². The van der Waals surface area contributed by atoms with Crippen LogP contribution in [-0.4, -0.2) is 96.7 Å². The van der Waals surface area contributed by atoms with Gasteiger partial charge in [0.15, 0.2) is 12.2 Å². The van der Waals surface area contributed by atoms with Crippen LogP contribution in [0.4, 0.5) is 0 Å². The summed E-state index contributed by atoms with van der Waals surface area (Å²) in [5.41, 5.74) is 0. The quantitative estimate of drug-likeness (QED) is 0.0222. The fourth-order valence-electron chi connectivity index (χ4n) is 12.8. The van der Waals surface area contributed by atoms with Crippen LogP contribution in [0.2, 0.25) is 0 Å². The van der Waals surface area contributed by atoms with Crippen molar-refractivity contribution in [2.75, 3.05) is 39.6 Å². The van der Waals surface area contributed by atoms with E-state index in [0.29, 0.717) is 25.7 Å². The third-order valence-corrected chi connectivity index (χ3v) is 21.6. The normalized spacial score (nSPS) is 14.3. The van der Waals surface area contributed by atoms with Gasteiger partial charge in [0, 0.05) is 25.7 Å². The molecular weight excluding hydrogens is 1330 g/mol. The molecule has 0 aromatic rings. The number of unbranched alkanes of at least 4 members (excludes halogenated alkanes) is 45. The Hall–Kier alpha value is -1.94. The van der Waals surface area contributed by atoms with Crippen molar-refractivity contribution < 1.29 is 80.2 Å². The number of carbonyl (C=O) groups excluding carboxylic acids is 4. The van der Waals surface area contributed by atoms with Crippen LogP contribution in [0.5, 0.6) is 0 Å². The van der Waals surface area contributed by atoms with Gasteiger partial charge in [-0.2, -0.15) is 0 Å². The number of ether oxygens (including phenoxy) is 4. The van der Waals surface area contributed by atoms with Gasteiger partial charge in [0.05, 0.1) is 26.4 Å². The van der Waals surface area contributed by atoms with E-state index in [4.69, 9.17) is 37.0 Å². The summed E-state index contributed by atoms with van der Waals surface area (Å²) in [6.07, 6.45) is 59.8. The first-order chi connectivity index (χ1) is 49.1. The first kappa shape index (κ1) is 100. The van der Waals surface area contributed by atoms with Gasteiger partial charge in [-0.25, -0.2) is 9.13 Å². The zero-order valence-electron chi connectivity index (χ0n) is 67.2. The molecule has 0 aliphatic carbocycles. The number of aliphatic hydroxyl groups is 1. The van der Waals surface area contributed by atoms with E-state index in [1.54, 1.807) is 0 Å². The molecule has 606 valence electrons. The summed E-state index contributed by atoms with van der Waals surface area (Å²) in [6, 6.07) is 0. The molecule has 6 atom stereocenters. The van der Waals surface area contributed by atoms with Gasteiger partial charge in [0.25, 0.3) is 0 Å². The Morgan fingerprint density at radius 3 is 0.696 bits per heavy atom. The highest BCUT2D eigenvalue weighted by Crippen LogP contribution is 2.45. The van der Waals surface area contributed by atoms with Gasteiger partial charge < -0.3 is 33.8 Å². The van der Waals surface area contributed by atoms with Crippen LogP contribution in [0.15, 0.2) is 0 Å². The Labute approximate surface area is 626 Å². The summed E-state index contributed by atoms with van der Waals surface area (Å²) in [4.78, 5) is 73.1. The maximum atomic E-state index is 13.1.